The fourth-order valence-corrected chi connectivity index (χ4v) is 27.3. The lowest BCUT2D eigenvalue weighted by atomic mass is 9.63. The Morgan fingerprint density at radius 1 is 0.358 bits per heavy atom. The highest BCUT2D eigenvalue weighted by atomic mass is 32.2. The third-order valence-electron chi connectivity index (χ3n) is 32.8. The maximum Gasteiger partial charge on any atom is 0.172 e. The van der Waals surface area contributed by atoms with E-state index in [-0.39, 0.29) is 16.7 Å². The quantitative estimate of drug-likeness (QED) is 0.0936. The van der Waals surface area contributed by atoms with Gasteiger partial charge in [0.25, 0.3) is 0 Å². The van der Waals surface area contributed by atoms with Gasteiger partial charge in [-0.1, -0.05) is 289 Å². The van der Waals surface area contributed by atoms with Crippen LogP contribution in [0.4, 0.5) is 0 Å². The Morgan fingerprint density at radius 2 is 0.817 bits per heavy atom. The van der Waals surface area contributed by atoms with E-state index in [1.807, 2.05) is 12.3 Å². The smallest absolute Gasteiger partial charge is 0.172 e. The maximum atomic E-state index is 5.77. The predicted octanol–water partition coefficient (Wildman–Crippen LogP) is 28.7. The number of hydrogen-bond donors (Lipinski definition) is 4. The van der Waals surface area contributed by atoms with Gasteiger partial charge in [-0.15, -0.1) is 23.5 Å². The van der Waals surface area contributed by atoms with Crippen LogP contribution in [0.1, 0.15) is 367 Å². The molecule has 7 fully saturated rings. The van der Waals surface area contributed by atoms with E-state index in [1.54, 1.807) is 6.34 Å². The van der Waals surface area contributed by atoms with Gasteiger partial charge in [0.2, 0.25) is 0 Å². The molecule has 14 heteroatoms. The molecule has 0 spiro atoms. The Balaban J connectivity index is 0.000000667. The summed E-state index contributed by atoms with van der Waals surface area (Å²) in [5, 5.41) is 14.0. The number of nitrogens with one attached hydrogen (secondary N) is 4. The van der Waals surface area contributed by atoms with E-state index in [2.05, 4.69) is 372 Å². The molecule has 0 amide bonds. The second-order valence-electron chi connectivity index (χ2n) is 44.6. The monoisotopic (exact) mass is 1740 g/mol. The van der Waals surface area contributed by atoms with E-state index in [9.17, 15) is 0 Å². The molecule has 7 saturated heterocycles. The first-order valence-electron chi connectivity index (χ1n) is 50.2. The van der Waals surface area contributed by atoms with E-state index in [1.165, 1.54) is 120 Å². The van der Waals surface area contributed by atoms with Crippen molar-refractivity contribution >= 4 is 60.3 Å². The number of thioether (sulfide) groups is 3. The van der Waals surface area contributed by atoms with Gasteiger partial charge in [-0.25, -0.2) is 4.99 Å². The van der Waals surface area contributed by atoms with Crippen molar-refractivity contribution in [2.45, 2.75) is 388 Å². The number of rotatable bonds is 20. The van der Waals surface area contributed by atoms with Gasteiger partial charge in [0.05, 0.1) is 36.0 Å². The Bertz CT molecular complexity index is 2270. The molecule has 10 heterocycles. The normalized spacial score (nSPS) is 22.8. The molecule has 0 aromatic heterocycles. The average molecular weight is 1740 g/mol. The van der Waals surface area contributed by atoms with E-state index < -0.39 is 0 Å². The molecule has 0 aromatic carbocycles. The number of nitrogens with zero attached hydrogens (tertiary/aromatic N) is 4. The van der Waals surface area contributed by atoms with Gasteiger partial charge in [-0.05, 0) is 272 Å². The number of allylic oxidation sites excluding steroid dienone is 1. The Labute approximate surface area is 763 Å². The molecule has 11 nitrogen and oxygen atoms in total. The second-order valence-corrected chi connectivity index (χ2v) is 48.8. The summed E-state index contributed by atoms with van der Waals surface area (Å²) in [4.78, 5) is 17.4. The Morgan fingerprint density at radius 3 is 1.07 bits per heavy atom. The molecule has 10 aliphatic rings. The lowest BCUT2D eigenvalue weighted by Crippen LogP contribution is -2.56. The SMILES string of the molecule is CC(C)C1(C(C)C)C=NC=NC1.CC(C)C1(C(C)C)CC=CC=N1.CC(C)C1(C(C)C)CC=NCC1.CC(C)C1(C(C)C)CCCCN1.CC(C)C1(C(C)C)CCCOC1.CC(C)C1(C(C)C)CCNCC1.CC(C)C1(C(C)C)CCSCC1.CC(C)C1(C(C)C)CNCNC1.CC(C)C1(C(C)C)OCCCO1.CC(C)C1(C(C)C)SCCCS1. The van der Waals surface area contributed by atoms with Gasteiger partial charge in [0, 0.05) is 68.1 Å². The van der Waals surface area contributed by atoms with E-state index in [0.717, 1.165) is 155 Å². The molecule has 10 aliphatic heterocycles. The van der Waals surface area contributed by atoms with Crippen molar-refractivity contribution in [3.05, 3.63) is 12.2 Å². The zero-order valence-corrected chi connectivity index (χ0v) is 89.9. The fourth-order valence-electron chi connectivity index (χ4n) is 22.5. The van der Waals surface area contributed by atoms with Crippen molar-refractivity contribution in [3.8, 4) is 0 Å². The summed E-state index contributed by atoms with van der Waals surface area (Å²) in [7, 11) is 0. The number of ether oxygens (including phenoxy) is 3. The van der Waals surface area contributed by atoms with E-state index in [0.29, 0.717) is 72.2 Å². The van der Waals surface area contributed by atoms with Crippen LogP contribution in [0.5, 0.6) is 0 Å². The molecular weight excluding hydrogens is 1530 g/mol. The fraction of sp³-hybridized carbons (Fsp3) is 0.943. The summed E-state index contributed by atoms with van der Waals surface area (Å²) in [6.45, 7) is 105. The minimum absolute atomic E-state index is 0.161. The second kappa shape index (κ2) is 56.7. The molecule has 0 unspecified atom stereocenters. The largest absolute Gasteiger partial charge is 0.381 e. The molecule has 4 N–H and O–H groups in total. The predicted molar refractivity (Wildman–Crippen MR) is 546 cm³/mol. The summed E-state index contributed by atoms with van der Waals surface area (Å²) in [6, 6.07) is 0. The molecule has 10 rings (SSSR count). The third kappa shape index (κ3) is 32.9. The standard InChI is InChI=1S/C11H23N.C11H21N.C11H23N.C11H19N.C11H22O.C11H22S.C10H22N2.C10H18N2.C10H20O2.C10H20S2/c2*1-9(2)11(10(3)4)5-7-12-8-6-11;2*1-9(2)11(10(3)4)7-5-6-8-12-11;1-9(2)11(10(3)4)6-5-7-12-8-11;1-9(2)11(10(3)4)5-7-12-8-6-11;2*1-8(2)10(9(3)4)5-11-7-12-6-10;2*1-8(2)10(9(3)4)11-6-5-7-12-10/h9-10,12H,5-8H2,1-4H3;7,9-10H,5-6,8H2,1-4H3;9-10,12H,5-8H2,1-4H3;5-6,8-10H,7H2,1-4H3;2*9-10H,5-8H2,1-4H3;8-9,11-12H,5-7H2,1-4H3;5,7-9H,6H2,1-4H3;2*8-9H,5-7H2,1-4H3. The summed E-state index contributed by atoms with van der Waals surface area (Å²) >= 11 is 6.51. The van der Waals surface area contributed by atoms with E-state index >= 15 is 0 Å². The van der Waals surface area contributed by atoms with Crippen LogP contribution < -0.4 is 21.3 Å². The third-order valence-corrected chi connectivity index (χ3v) is 38.3. The van der Waals surface area contributed by atoms with Crippen LogP contribution in [0.15, 0.2) is 32.1 Å². The lowest BCUT2D eigenvalue weighted by molar-refractivity contribution is -0.310. The van der Waals surface area contributed by atoms with Crippen LogP contribution >= 0.6 is 35.3 Å². The van der Waals surface area contributed by atoms with Crippen molar-refractivity contribution in [3.63, 3.8) is 0 Å². The van der Waals surface area contributed by atoms with Crippen LogP contribution in [-0.2, 0) is 14.2 Å². The van der Waals surface area contributed by atoms with Crippen LogP contribution in [0.2, 0.25) is 0 Å². The molecule has 710 valence electrons. The van der Waals surface area contributed by atoms with Gasteiger partial charge in [0.1, 0.15) is 6.34 Å². The minimum atomic E-state index is -0.321. The minimum Gasteiger partial charge on any atom is -0.381 e. The Kier molecular flexibility index (Phi) is 55.4. The van der Waals surface area contributed by atoms with Crippen molar-refractivity contribution < 1.29 is 14.2 Å². The molecule has 0 saturated carbocycles. The van der Waals surface area contributed by atoms with Crippen LogP contribution in [0, 0.1) is 151 Å². The first-order valence-corrected chi connectivity index (χ1v) is 53.4. The number of aliphatic imine (C=N–C) groups is 4. The number of piperidine rings is 2. The maximum absolute atomic E-state index is 5.77. The summed E-state index contributed by atoms with van der Waals surface area (Å²) in [5.41, 5.74) is 3.50. The zero-order chi connectivity index (χ0) is 91.9. The van der Waals surface area contributed by atoms with Gasteiger partial charge in [0.15, 0.2) is 5.79 Å². The van der Waals surface area contributed by atoms with E-state index in [4.69, 9.17) is 14.2 Å². The topological polar surface area (TPSA) is 125 Å². The molecule has 0 aromatic rings. The summed E-state index contributed by atoms with van der Waals surface area (Å²) < 4.78 is 17.7. The van der Waals surface area contributed by atoms with Gasteiger partial charge in [-0.3, -0.25) is 15.0 Å². The lowest BCUT2D eigenvalue weighted by Gasteiger charge is -2.45. The van der Waals surface area contributed by atoms with Gasteiger partial charge >= 0.3 is 0 Å². The van der Waals surface area contributed by atoms with Gasteiger partial charge in [-0.2, -0.15) is 11.8 Å². The molecular formula is C106H210N8O3S3. The average Bonchev–Trinajstić information content (AvgIpc) is 0.902. The summed E-state index contributed by atoms with van der Waals surface area (Å²) in [6.07, 6.45) is 30.4. The van der Waals surface area contributed by atoms with Gasteiger partial charge < -0.3 is 35.5 Å². The van der Waals surface area contributed by atoms with Crippen LogP contribution in [0.3, 0.4) is 0 Å². The van der Waals surface area contributed by atoms with Crippen LogP contribution in [-0.4, -0.2) is 148 Å². The number of hydrogen-bond acceptors (Lipinski definition) is 14. The molecule has 0 atom stereocenters. The molecule has 0 bridgehead atoms. The molecule has 0 aliphatic carbocycles. The van der Waals surface area contributed by atoms with Crippen molar-refractivity contribution in [1.82, 2.24) is 21.3 Å². The highest BCUT2D eigenvalue weighted by Gasteiger charge is 2.46. The first-order chi connectivity index (χ1) is 55.9. The zero-order valence-electron chi connectivity index (χ0n) is 87.5. The Hall–Kier alpha value is -0.810. The van der Waals surface area contributed by atoms with Crippen molar-refractivity contribution in [1.29, 1.82) is 0 Å². The van der Waals surface area contributed by atoms with Crippen molar-refractivity contribution in [2.24, 2.45) is 171 Å². The highest BCUT2D eigenvalue weighted by Crippen LogP contribution is 2.53. The first kappa shape index (κ1) is 117. The molecule has 120 heavy (non-hydrogen) atoms. The van der Waals surface area contributed by atoms with Crippen LogP contribution in [0.25, 0.3) is 0 Å². The highest BCUT2D eigenvalue weighted by molar-refractivity contribution is 8.18. The van der Waals surface area contributed by atoms with Crippen molar-refractivity contribution in [2.75, 3.05) is 102 Å². The summed E-state index contributed by atoms with van der Waals surface area (Å²) in [5.74, 6) is 19.6. The number of dihydropyridines is 1. The molecule has 0 radical (unpaired) electrons.